The molecule has 0 atom stereocenters. The van der Waals surface area contributed by atoms with Crippen LogP contribution in [0.25, 0.3) is 10.9 Å². The summed E-state index contributed by atoms with van der Waals surface area (Å²) in [5.74, 6) is 0.156. The topological polar surface area (TPSA) is 75.5 Å². The molecular weight excluding hydrogens is 404 g/mol. The number of benzene rings is 2. The van der Waals surface area contributed by atoms with E-state index in [1.807, 2.05) is 35.2 Å². The molecule has 7 heteroatoms. The highest BCUT2D eigenvalue weighted by Crippen LogP contribution is 2.10. The summed E-state index contributed by atoms with van der Waals surface area (Å²) in [5.41, 5.74) is 1.77. The van der Waals surface area contributed by atoms with Crippen molar-refractivity contribution in [1.82, 2.24) is 19.4 Å². The average molecular weight is 433 g/mol. The Morgan fingerprint density at radius 2 is 1.44 bits per heavy atom. The van der Waals surface area contributed by atoms with Gasteiger partial charge in [0.25, 0.3) is 5.56 Å². The zero-order valence-corrected chi connectivity index (χ0v) is 18.2. The Labute approximate surface area is 187 Å². The van der Waals surface area contributed by atoms with Gasteiger partial charge in [-0.05, 0) is 30.5 Å². The van der Waals surface area contributed by atoms with Gasteiger partial charge < -0.3 is 9.80 Å². The Kier molecular flexibility index (Phi) is 6.94. The molecule has 3 aromatic rings. The van der Waals surface area contributed by atoms with Gasteiger partial charge in [-0.25, -0.2) is 4.98 Å². The highest BCUT2D eigenvalue weighted by atomic mass is 16.2. The van der Waals surface area contributed by atoms with Crippen LogP contribution in [-0.2, 0) is 22.6 Å². The van der Waals surface area contributed by atoms with Gasteiger partial charge in [0.2, 0.25) is 11.8 Å². The zero-order chi connectivity index (χ0) is 22.3. The van der Waals surface area contributed by atoms with Crippen molar-refractivity contribution in [3.8, 4) is 0 Å². The molecule has 0 radical (unpaired) electrons. The van der Waals surface area contributed by atoms with Crippen LogP contribution in [-0.4, -0.2) is 57.3 Å². The van der Waals surface area contributed by atoms with Crippen molar-refractivity contribution in [2.24, 2.45) is 0 Å². The lowest BCUT2D eigenvalue weighted by molar-refractivity contribution is -0.139. The average Bonchev–Trinajstić information content (AvgIpc) is 2.84. The number of carbonyl (C=O) groups excluding carboxylic acids is 2. The summed E-state index contributed by atoms with van der Waals surface area (Å²) < 4.78 is 1.49. The second kappa shape index (κ2) is 10.2. The van der Waals surface area contributed by atoms with Crippen molar-refractivity contribution in [2.75, 3.05) is 26.2 Å². The van der Waals surface area contributed by atoms with E-state index >= 15 is 0 Å². The van der Waals surface area contributed by atoms with Crippen LogP contribution in [0.4, 0.5) is 0 Å². The first-order chi connectivity index (χ1) is 15.6. The Hall–Kier alpha value is -3.48. The fraction of sp³-hybridized carbons (Fsp3) is 0.360. The number of rotatable bonds is 7. The second-order valence-electron chi connectivity index (χ2n) is 8.11. The summed E-state index contributed by atoms with van der Waals surface area (Å²) in [6, 6.07) is 17.4. The lowest BCUT2D eigenvalue weighted by Crippen LogP contribution is -2.50. The molecule has 1 fully saturated rings. The van der Waals surface area contributed by atoms with E-state index in [0.717, 1.165) is 12.8 Å². The molecule has 1 aromatic heterocycles. The van der Waals surface area contributed by atoms with Crippen LogP contribution in [0.5, 0.6) is 0 Å². The maximum atomic E-state index is 12.6. The Balaban J connectivity index is 1.22. The molecule has 1 aliphatic heterocycles. The van der Waals surface area contributed by atoms with Crippen molar-refractivity contribution in [3.05, 3.63) is 76.8 Å². The molecule has 0 aliphatic carbocycles. The number of hydrogen-bond acceptors (Lipinski definition) is 4. The van der Waals surface area contributed by atoms with Crippen LogP contribution in [0.15, 0.2) is 65.7 Å². The third kappa shape index (κ3) is 5.22. The molecular formula is C25H28N4O3. The maximum Gasteiger partial charge on any atom is 0.261 e. The van der Waals surface area contributed by atoms with E-state index < -0.39 is 0 Å². The van der Waals surface area contributed by atoms with Crippen LogP contribution in [0, 0.1) is 0 Å². The second-order valence-corrected chi connectivity index (χ2v) is 8.11. The summed E-state index contributed by atoms with van der Waals surface area (Å²) >= 11 is 0. The largest absolute Gasteiger partial charge is 0.339 e. The number of fused-ring (bicyclic) bond motifs is 1. The minimum Gasteiger partial charge on any atom is -0.339 e. The highest BCUT2D eigenvalue weighted by molar-refractivity contribution is 5.79. The predicted molar refractivity (Wildman–Crippen MR) is 123 cm³/mol. The molecule has 0 unspecified atom stereocenters. The Bertz CT molecular complexity index is 1130. The number of amides is 2. The summed E-state index contributed by atoms with van der Waals surface area (Å²) in [5, 5.41) is 0.557. The maximum absolute atomic E-state index is 12.6. The van der Waals surface area contributed by atoms with Gasteiger partial charge in [0.15, 0.2) is 0 Å². The standard InChI is InChI=1S/C25H28N4O3/c30-23(12-6-9-20-7-2-1-3-8-20)27-15-17-28(18-16-27)24(31)13-14-29-19-26-22-11-5-4-10-21(22)25(29)32/h1-5,7-8,10-11,19H,6,9,12-18H2. The fourth-order valence-electron chi connectivity index (χ4n) is 4.09. The van der Waals surface area contributed by atoms with Gasteiger partial charge in [-0.3, -0.25) is 19.0 Å². The minimum atomic E-state index is -0.130. The lowest BCUT2D eigenvalue weighted by Gasteiger charge is -2.35. The summed E-state index contributed by atoms with van der Waals surface area (Å²) in [7, 11) is 0. The van der Waals surface area contributed by atoms with E-state index in [1.165, 1.54) is 16.5 Å². The molecule has 0 spiro atoms. The van der Waals surface area contributed by atoms with E-state index in [9.17, 15) is 14.4 Å². The Morgan fingerprint density at radius 1 is 0.812 bits per heavy atom. The highest BCUT2D eigenvalue weighted by Gasteiger charge is 2.23. The van der Waals surface area contributed by atoms with E-state index in [0.29, 0.717) is 50.0 Å². The molecule has 2 amide bonds. The first-order valence-electron chi connectivity index (χ1n) is 11.2. The van der Waals surface area contributed by atoms with E-state index in [2.05, 4.69) is 17.1 Å². The third-order valence-electron chi connectivity index (χ3n) is 5.98. The van der Waals surface area contributed by atoms with Crippen LogP contribution in [0.2, 0.25) is 0 Å². The number of aryl methyl sites for hydroxylation is 2. The van der Waals surface area contributed by atoms with Gasteiger partial charge in [0.05, 0.1) is 17.2 Å². The number of hydrogen-bond donors (Lipinski definition) is 0. The first kappa shape index (κ1) is 21.7. The van der Waals surface area contributed by atoms with Gasteiger partial charge in [0, 0.05) is 45.6 Å². The van der Waals surface area contributed by atoms with Gasteiger partial charge in [-0.15, -0.1) is 0 Å². The molecule has 7 nitrogen and oxygen atoms in total. The molecule has 0 saturated carbocycles. The first-order valence-corrected chi connectivity index (χ1v) is 11.2. The van der Waals surface area contributed by atoms with Crippen LogP contribution >= 0.6 is 0 Å². The van der Waals surface area contributed by atoms with Crippen molar-refractivity contribution in [3.63, 3.8) is 0 Å². The number of nitrogens with zero attached hydrogens (tertiary/aromatic N) is 4. The number of piperazine rings is 1. The molecule has 2 heterocycles. The van der Waals surface area contributed by atoms with Crippen molar-refractivity contribution < 1.29 is 9.59 Å². The fourth-order valence-corrected chi connectivity index (χ4v) is 4.09. The van der Waals surface area contributed by atoms with E-state index in [-0.39, 0.29) is 23.8 Å². The molecule has 1 aliphatic rings. The lowest BCUT2D eigenvalue weighted by atomic mass is 10.1. The molecule has 32 heavy (non-hydrogen) atoms. The third-order valence-corrected chi connectivity index (χ3v) is 5.98. The minimum absolute atomic E-state index is 0.00114. The van der Waals surface area contributed by atoms with Crippen LogP contribution < -0.4 is 5.56 Å². The number of carbonyl (C=O) groups is 2. The van der Waals surface area contributed by atoms with Crippen LogP contribution in [0.1, 0.15) is 24.8 Å². The van der Waals surface area contributed by atoms with Gasteiger partial charge in [0.1, 0.15) is 0 Å². The molecule has 4 rings (SSSR count). The summed E-state index contributed by atoms with van der Waals surface area (Å²) in [6.07, 6.45) is 4.00. The summed E-state index contributed by atoms with van der Waals surface area (Å²) in [4.78, 5) is 45.6. The number of para-hydroxylation sites is 1. The van der Waals surface area contributed by atoms with Gasteiger partial charge in [-0.1, -0.05) is 42.5 Å². The molecule has 1 saturated heterocycles. The molecule has 0 bridgehead atoms. The van der Waals surface area contributed by atoms with E-state index in [1.54, 1.807) is 17.0 Å². The van der Waals surface area contributed by atoms with Crippen molar-refractivity contribution in [1.29, 1.82) is 0 Å². The smallest absolute Gasteiger partial charge is 0.261 e. The van der Waals surface area contributed by atoms with E-state index in [4.69, 9.17) is 0 Å². The van der Waals surface area contributed by atoms with Crippen molar-refractivity contribution >= 4 is 22.7 Å². The zero-order valence-electron chi connectivity index (χ0n) is 18.2. The summed E-state index contributed by atoms with van der Waals surface area (Å²) in [6.45, 7) is 2.50. The van der Waals surface area contributed by atoms with Gasteiger partial charge >= 0.3 is 0 Å². The normalized spacial score (nSPS) is 14.0. The quantitative estimate of drug-likeness (QED) is 0.575. The predicted octanol–water partition coefficient (Wildman–Crippen LogP) is 2.48. The van der Waals surface area contributed by atoms with Gasteiger partial charge in [-0.2, -0.15) is 0 Å². The Morgan fingerprint density at radius 3 is 2.16 bits per heavy atom. The number of aromatic nitrogens is 2. The molecule has 166 valence electrons. The monoisotopic (exact) mass is 432 g/mol. The SMILES string of the molecule is O=C(CCCc1ccccc1)N1CCN(C(=O)CCn2cnc3ccccc3c2=O)CC1. The molecule has 0 N–H and O–H groups in total. The molecule has 2 aromatic carbocycles. The van der Waals surface area contributed by atoms with Crippen LogP contribution in [0.3, 0.4) is 0 Å². The van der Waals surface area contributed by atoms with Crippen molar-refractivity contribution in [2.45, 2.75) is 32.2 Å².